The van der Waals surface area contributed by atoms with Crippen LogP contribution in [0.5, 0.6) is 5.75 Å². The number of ether oxygens (including phenoxy) is 1. The van der Waals surface area contributed by atoms with Crippen LogP contribution in [0.2, 0.25) is 0 Å². The van der Waals surface area contributed by atoms with Crippen molar-refractivity contribution in [3.63, 3.8) is 0 Å². The van der Waals surface area contributed by atoms with E-state index < -0.39 is 6.17 Å². The number of aryl methyl sites for hydroxylation is 1. The maximum atomic E-state index is 14.4. The zero-order valence-corrected chi connectivity index (χ0v) is 12.0. The van der Waals surface area contributed by atoms with Crippen LogP contribution in [0.25, 0.3) is 0 Å². The van der Waals surface area contributed by atoms with E-state index in [0.717, 1.165) is 48.5 Å². The molecule has 1 fully saturated rings. The maximum absolute atomic E-state index is 14.4. The Morgan fingerprint density at radius 1 is 1.42 bits per heavy atom. The molecule has 1 aromatic heterocycles. The fourth-order valence-corrected chi connectivity index (χ4v) is 2.83. The first kappa shape index (κ1) is 14.3. The number of aromatic nitrogens is 1. The molecule has 0 spiro atoms. The van der Waals surface area contributed by atoms with Crippen LogP contribution in [0.15, 0.2) is 6.20 Å². The zero-order chi connectivity index (χ0) is 13.8. The highest BCUT2D eigenvalue weighted by atomic mass is 19.1. The highest BCUT2D eigenvalue weighted by molar-refractivity contribution is 5.41. The van der Waals surface area contributed by atoms with Crippen LogP contribution >= 0.6 is 0 Å². The van der Waals surface area contributed by atoms with Crippen molar-refractivity contribution in [3.8, 4) is 5.75 Å². The number of methoxy groups -OCH3 is 1. The van der Waals surface area contributed by atoms with Gasteiger partial charge in [-0.2, -0.15) is 0 Å². The SMILES string of the molecule is COc1c(C)cnc(CC(F)C2CCNCC2)c1C. The predicted molar refractivity (Wildman–Crippen MR) is 74.5 cm³/mol. The molecular weight excluding hydrogens is 243 g/mol. The van der Waals surface area contributed by atoms with Crippen LogP contribution in [-0.2, 0) is 6.42 Å². The van der Waals surface area contributed by atoms with E-state index in [0.29, 0.717) is 6.42 Å². The lowest BCUT2D eigenvalue weighted by molar-refractivity contribution is 0.185. The van der Waals surface area contributed by atoms with Crippen LogP contribution in [0.1, 0.15) is 29.7 Å². The summed E-state index contributed by atoms with van der Waals surface area (Å²) in [5, 5.41) is 3.27. The molecule has 19 heavy (non-hydrogen) atoms. The summed E-state index contributed by atoms with van der Waals surface area (Å²) in [5.74, 6) is 0.997. The Morgan fingerprint density at radius 2 is 2.11 bits per heavy atom. The molecule has 0 saturated carbocycles. The summed E-state index contributed by atoms with van der Waals surface area (Å²) in [4.78, 5) is 4.39. The molecule has 2 heterocycles. The Labute approximate surface area is 114 Å². The molecule has 2 rings (SSSR count). The third kappa shape index (κ3) is 3.24. The Bertz CT molecular complexity index is 430. The smallest absolute Gasteiger partial charge is 0.128 e. The van der Waals surface area contributed by atoms with Crippen molar-refractivity contribution in [2.75, 3.05) is 20.2 Å². The number of alkyl halides is 1. The first-order valence-electron chi connectivity index (χ1n) is 6.97. The quantitative estimate of drug-likeness (QED) is 0.909. The lowest BCUT2D eigenvalue weighted by atomic mass is 9.90. The van der Waals surface area contributed by atoms with Gasteiger partial charge in [-0.1, -0.05) is 0 Å². The van der Waals surface area contributed by atoms with Crippen LogP contribution < -0.4 is 10.1 Å². The molecule has 4 heteroatoms. The second-order valence-corrected chi connectivity index (χ2v) is 5.35. The summed E-state index contributed by atoms with van der Waals surface area (Å²) in [6, 6.07) is 0. The van der Waals surface area contributed by atoms with Crippen LogP contribution in [0, 0.1) is 19.8 Å². The van der Waals surface area contributed by atoms with Crippen molar-refractivity contribution in [3.05, 3.63) is 23.0 Å². The summed E-state index contributed by atoms with van der Waals surface area (Å²) in [7, 11) is 1.65. The molecule has 1 aromatic rings. The minimum atomic E-state index is -0.805. The molecule has 1 aliphatic rings. The van der Waals surface area contributed by atoms with Gasteiger partial charge in [-0.25, -0.2) is 4.39 Å². The summed E-state index contributed by atoms with van der Waals surface area (Å²) in [5.41, 5.74) is 2.80. The maximum Gasteiger partial charge on any atom is 0.128 e. The number of hydrogen-bond acceptors (Lipinski definition) is 3. The average molecular weight is 266 g/mol. The van der Waals surface area contributed by atoms with E-state index in [1.54, 1.807) is 13.3 Å². The van der Waals surface area contributed by atoms with Crippen LogP contribution in [-0.4, -0.2) is 31.4 Å². The second-order valence-electron chi connectivity index (χ2n) is 5.35. The Balaban J connectivity index is 2.10. The van der Waals surface area contributed by atoms with Crippen LogP contribution in [0.3, 0.4) is 0 Å². The number of hydrogen-bond donors (Lipinski definition) is 1. The summed E-state index contributed by atoms with van der Waals surface area (Å²) >= 11 is 0. The number of pyridine rings is 1. The Hall–Kier alpha value is -1.16. The third-order valence-electron chi connectivity index (χ3n) is 4.03. The Morgan fingerprint density at radius 3 is 2.74 bits per heavy atom. The molecule has 106 valence electrons. The zero-order valence-electron chi connectivity index (χ0n) is 12.0. The van der Waals surface area contributed by atoms with Gasteiger partial charge >= 0.3 is 0 Å². The Kier molecular flexibility index (Phi) is 4.75. The lowest BCUT2D eigenvalue weighted by Gasteiger charge is -2.26. The minimum Gasteiger partial charge on any atom is -0.496 e. The molecule has 0 amide bonds. The number of piperidine rings is 1. The van der Waals surface area contributed by atoms with E-state index in [4.69, 9.17) is 4.74 Å². The first-order valence-corrected chi connectivity index (χ1v) is 6.97. The first-order chi connectivity index (χ1) is 9.13. The van der Waals surface area contributed by atoms with Crippen molar-refractivity contribution in [1.29, 1.82) is 0 Å². The highest BCUT2D eigenvalue weighted by Crippen LogP contribution is 2.28. The summed E-state index contributed by atoms with van der Waals surface area (Å²) in [6.07, 6.45) is 3.20. The molecule has 0 bridgehead atoms. The van der Waals surface area contributed by atoms with Crippen molar-refractivity contribution in [1.82, 2.24) is 10.3 Å². The van der Waals surface area contributed by atoms with E-state index in [2.05, 4.69) is 10.3 Å². The average Bonchev–Trinajstić information content (AvgIpc) is 2.43. The number of rotatable bonds is 4. The standard InChI is InChI=1S/C15H23FN2O/c1-10-9-18-14(11(2)15(10)19-3)8-13(16)12-4-6-17-7-5-12/h9,12-13,17H,4-8H2,1-3H3. The molecule has 0 radical (unpaired) electrons. The molecule has 1 N–H and O–H groups in total. The molecule has 0 aliphatic carbocycles. The fourth-order valence-electron chi connectivity index (χ4n) is 2.83. The van der Waals surface area contributed by atoms with Crippen molar-refractivity contribution < 1.29 is 9.13 Å². The minimum absolute atomic E-state index is 0.162. The van der Waals surface area contributed by atoms with Gasteiger partial charge < -0.3 is 10.1 Å². The topological polar surface area (TPSA) is 34.1 Å². The van der Waals surface area contributed by atoms with Crippen molar-refractivity contribution >= 4 is 0 Å². The summed E-state index contributed by atoms with van der Waals surface area (Å²) in [6.45, 7) is 5.77. The molecule has 3 nitrogen and oxygen atoms in total. The van der Waals surface area contributed by atoms with Gasteiger partial charge in [0.15, 0.2) is 0 Å². The number of halogens is 1. The van der Waals surface area contributed by atoms with Gasteiger partial charge in [-0.05, 0) is 45.7 Å². The van der Waals surface area contributed by atoms with Gasteiger partial charge in [0, 0.05) is 29.4 Å². The van der Waals surface area contributed by atoms with Gasteiger partial charge in [0.25, 0.3) is 0 Å². The normalized spacial score (nSPS) is 18.3. The largest absolute Gasteiger partial charge is 0.496 e. The molecule has 1 atom stereocenters. The van der Waals surface area contributed by atoms with E-state index >= 15 is 0 Å². The molecule has 1 aliphatic heterocycles. The van der Waals surface area contributed by atoms with Gasteiger partial charge in [-0.3, -0.25) is 4.98 Å². The van der Waals surface area contributed by atoms with Gasteiger partial charge in [0.1, 0.15) is 11.9 Å². The van der Waals surface area contributed by atoms with Crippen LogP contribution in [0.4, 0.5) is 4.39 Å². The third-order valence-corrected chi connectivity index (χ3v) is 4.03. The van der Waals surface area contributed by atoms with E-state index in [9.17, 15) is 4.39 Å². The predicted octanol–water partition coefficient (Wildman–Crippen LogP) is 2.59. The molecular formula is C15H23FN2O. The van der Waals surface area contributed by atoms with E-state index in [1.807, 2.05) is 13.8 Å². The number of nitrogens with one attached hydrogen (secondary N) is 1. The molecule has 1 saturated heterocycles. The molecule has 0 aromatic carbocycles. The monoisotopic (exact) mass is 266 g/mol. The number of nitrogens with zero attached hydrogens (tertiary/aromatic N) is 1. The molecule has 1 unspecified atom stereocenters. The van der Waals surface area contributed by atoms with E-state index in [-0.39, 0.29) is 5.92 Å². The lowest BCUT2D eigenvalue weighted by Crippen LogP contribution is -2.33. The van der Waals surface area contributed by atoms with Gasteiger partial charge in [-0.15, -0.1) is 0 Å². The second kappa shape index (κ2) is 6.33. The van der Waals surface area contributed by atoms with Crippen molar-refractivity contribution in [2.45, 2.75) is 39.3 Å². The van der Waals surface area contributed by atoms with Gasteiger partial charge in [0.05, 0.1) is 7.11 Å². The van der Waals surface area contributed by atoms with E-state index in [1.165, 1.54) is 0 Å². The highest BCUT2D eigenvalue weighted by Gasteiger charge is 2.25. The van der Waals surface area contributed by atoms with Crippen molar-refractivity contribution in [2.24, 2.45) is 5.92 Å². The summed E-state index contributed by atoms with van der Waals surface area (Å²) < 4.78 is 19.8. The fraction of sp³-hybridized carbons (Fsp3) is 0.667. The van der Waals surface area contributed by atoms with Gasteiger partial charge in [0.2, 0.25) is 0 Å².